The predicted molar refractivity (Wildman–Crippen MR) is 74.4 cm³/mol. The summed E-state index contributed by atoms with van der Waals surface area (Å²) in [4.78, 5) is 22.6. The van der Waals surface area contributed by atoms with Crippen molar-refractivity contribution in [2.75, 3.05) is 6.61 Å². The molecular formula is C14H20N2O4. The van der Waals surface area contributed by atoms with Gasteiger partial charge in [-0.2, -0.15) is 0 Å². The molecule has 0 radical (unpaired) electrons. The first-order valence-electron chi connectivity index (χ1n) is 6.42. The molecule has 1 aromatic carbocycles. The summed E-state index contributed by atoms with van der Waals surface area (Å²) in [6, 6.07) is 5.74. The van der Waals surface area contributed by atoms with E-state index in [1.54, 1.807) is 0 Å². The number of rotatable bonds is 6. The average molecular weight is 280 g/mol. The summed E-state index contributed by atoms with van der Waals surface area (Å²) in [5, 5.41) is 22.7. The Morgan fingerprint density at radius 3 is 2.45 bits per heavy atom. The SMILES string of the molecule is Cc1ccccc1C(C)NC(=O)NC(CCO)C(=O)O. The van der Waals surface area contributed by atoms with Gasteiger partial charge in [0.05, 0.1) is 6.04 Å². The molecule has 4 N–H and O–H groups in total. The molecule has 6 heteroatoms. The summed E-state index contributed by atoms with van der Waals surface area (Å²) in [5.41, 5.74) is 2.02. The Kier molecular flexibility index (Phi) is 5.99. The normalized spacial score (nSPS) is 13.3. The minimum absolute atomic E-state index is 0.0263. The molecule has 0 bridgehead atoms. The molecule has 0 heterocycles. The van der Waals surface area contributed by atoms with E-state index in [0.717, 1.165) is 11.1 Å². The molecule has 0 saturated carbocycles. The van der Waals surface area contributed by atoms with Gasteiger partial charge in [0.15, 0.2) is 0 Å². The number of aliphatic hydroxyl groups is 1. The van der Waals surface area contributed by atoms with Crippen LogP contribution in [0.4, 0.5) is 4.79 Å². The minimum Gasteiger partial charge on any atom is -0.480 e. The van der Waals surface area contributed by atoms with Gasteiger partial charge in [0.1, 0.15) is 6.04 Å². The van der Waals surface area contributed by atoms with Crippen molar-refractivity contribution in [3.8, 4) is 0 Å². The first-order chi connectivity index (χ1) is 9.45. The number of aliphatic carboxylic acids is 1. The number of carboxylic acids is 1. The largest absolute Gasteiger partial charge is 0.480 e. The number of aliphatic hydroxyl groups excluding tert-OH is 1. The smallest absolute Gasteiger partial charge is 0.326 e. The fourth-order valence-electron chi connectivity index (χ4n) is 1.93. The summed E-state index contributed by atoms with van der Waals surface area (Å²) in [6.45, 7) is 3.46. The summed E-state index contributed by atoms with van der Waals surface area (Å²) < 4.78 is 0. The second-order valence-electron chi connectivity index (χ2n) is 4.60. The maximum Gasteiger partial charge on any atom is 0.326 e. The zero-order valence-electron chi connectivity index (χ0n) is 11.6. The van der Waals surface area contributed by atoms with Crippen LogP contribution in [-0.4, -0.2) is 34.9 Å². The molecule has 0 aliphatic carbocycles. The van der Waals surface area contributed by atoms with Crippen LogP contribution in [0.2, 0.25) is 0 Å². The van der Waals surface area contributed by atoms with Crippen LogP contribution in [0.1, 0.15) is 30.5 Å². The van der Waals surface area contributed by atoms with Crippen LogP contribution in [0.25, 0.3) is 0 Å². The first-order valence-corrected chi connectivity index (χ1v) is 6.42. The van der Waals surface area contributed by atoms with Gasteiger partial charge in [0.2, 0.25) is 0 Å². The molecule has 0 aromatic heterocycles. The minimum atomic E-state index is -1.17. The Morgan fingerprint density at radius 2 is 1.90 bits per heavy atom. The quantitative estimate of drug-likeness (QED) is 0.629. The number of carboxylic acid groups (broad SMARTS) is 1. The maximum absolute atomic E-state index is 11.8. The van der Waals surface area contributed by atoms with E-state index in [9.17, 15) is 9.59 Å². The molecule has 110 valence electrons. The number of amides is 2. The third-order valence-electron chi connectivity index (χ3n) is 3.02. The van der Waals surface area contributed by atoms with Crippen LogP contribution in [-0.2, 0) is 4.79 Å². The van der Waals surface area contributed by atoms with Crippen LogP contribution in [0.5, 0.6) is 0 Å². The van der Waals surface area contributed by atoms with Crippen LogP contribution in [0, 0.1) is 6.92 Å². The number of aryl methyl sites for hydroxylation is 1. The molecule has 0 spiro atoms. The summed E-state index contributed by atoms with van der Waals surface area (Å²) in [6.07, 6.45) is -0.0263. The summed E-state index contributed by atoms with van der Waals surface area (Å²) in [7, 11) is 0. The van der Waals surface area contributed by atoms with Gasteiger partial charge < -0.3 is 20.8 Å². The van der Waals surface area contributed by atoms with Gasteiger partial charge in [0.25, 0.3) is 0 Å². The van der Waals surface area contributed by atoms with E-state index < -0.39 is 18.0 Å². The number of benzene rings is 1. The van der Waals surface area contributed by atoms with Crippen LogP contribution < -0.4 is 10.6 Å². The lowest BCUT2D eigenvalue weighted by Gasteiger charge is -2.19. The summed E-state index contributed by atoms with van der Waals surface area (Å²) >= 11 is 0. The Morgan fingerprint density at radius 1 is 1.25 bits per heavy atom. The van der Waals surface area contributed by atoms with Crippen molar-refractivity contribution in [1.82, 2.24) is 10.6 Å². The van der Waals surface area contributed by atoms with E-state index in [2.05, 4.69) is 10.6 Å². The number of carbonyl (C=O) groups is 2. The standard InChI is InChI=1S/C14H20N2O4/c1-9-5-3-4-6-11(9)10(2)15-14(20)16-12(7-8-17)13(18)19/h3-6,10,12,17H,7-8H2,1-2H3,(H,18,19)(H2,15,16,20). The predicted octanol–water partition coefficient (Wildman–Crippen LogP) is 1.19. The van der Waals surface area contributed by atoms with Crippen molar-refractivity contribution in [3.63, 3.8) is 0 Å². The number of carbonyl (C=O) groups excluding carboxylic acids is 1. The van der Waals surface area contributed by atoms with Crippen molar-refractivity contribution in [2.24, 2.45) is 0 Å². The highest BCUT2D eigenvalue weighted by Crippen LogP contribution is 2.16. The molecule has 0 fully saturated rings. The highest BCUT2D eigenvalue weighted by atomic mass is 16.4. The van der Waals surface area contributed by atoms with Gasteiger partial charge in [-0.25, -0.2) is 9.59 Å². The van der Waals surface area contributed by atoms with Crippen molar-refractivity contribution < 1.29 is 19.8 Å². The van der Waals surface area contributed by atoms with E-state index in [4.69, 9.17) is 10.2 Å². The molecule has 1 rings (SSSR count). The maximum atomic E-state index is 11.8. The van der Waals surface area contributed by atoms with E-state index >= 15 is 0 Å². The Balaban J connectivity index is 2.62. The molecule has 20 heavy (non-hydrogen) atoms. The average Bonchev–Trinajstić information content (AvgIpc) is 2.38. The topological polar surface area (TPSA) is 98.7 Å². The van der Waals surface area contributed by atoms with Crippen LogP contribution >= 0.6 is 0 Å². The lowest BCUT2D eigenvalue weighted by molar-refractivity contribution is -0.139. The Hall–Kier alpha value is -2.08. The first kappa shape index (κ1) is 16.0. The highest BCUT2D eigenvalue weighted by molar-refractivity contribution is 5.82. The summed E-state index contributed by atoms with van der Waals surface area (Å²) in [5.74, 6) is -1.17. The molecule has 6 nitrogen and oxygen atoms in total. The molecule has 2 amide bonds. The molecule has 0 aliphatic rings. The van der Waals surface area contributed by atoms with Crippen molar-refractivity contribution >= 4 is 12.0 Å². The van der Waals surface area contributed by atoms with E-state index in [1.165, 1.54) is 0 Å². The van der Waals surface area contributed by atoms with Crippen molar-refractivity contribution in [3.05, 3.63) is 35.4 Å². The van der Waals surface area contributed by atoms with Gasteiger partial charge in [-0.3, -0.25) is 0 Å². The van der Waals surface area contributed by atoms with Crippen molar-refractivity contribution in [2.45, 2.75) is 32.4 Å². The van der Waals surface area contributed by atoms with E-state index in [1.807, 2.05) is 38.1 Å². The lowest BCUT2D eigenvalue weighted by Crippen LogP contribution is -2.47. The second-order valence-corrected chi connectivity index (χ2v) is 4.60. The fraction of sp³-hybridized carbons (Fsp3) is 0.429. The van der Waals surface area contributed by atoms with Crippen LogP contribution in [0.3, 0.4) is 0 Å². The second kappa shape index (κ2) is 7.49. The van der Waals surface area contributed by atoms with Crippen molar-refractivity contribution in [1.29, 1.82) is 0 Å². The molecule has 2 atom stereocenters. The van der Waals surface area contributed by atoms with Gasteiger partial charge in [-0.05, 0) is 25.0 Å². The van der Waals surface area contributed by atoms with E-state index in [0.29, 0.717) is 0 Å². The Labute approximate surface area is 117 Å². The third-order valence-corrected chi connectivity index (χ3v) is 3.02. The van der Waals surface area contributed by atoms with Gasteiger partial charge in [-0.1, -0.05) is 24.3 Å². The lowest BCUT2D eigenvalue weighted by atomic mass is 10.0. The zero-order valence-corrected chi connectivity index (χ0v) is 11.6. The molecule has 0 saturated heterocycles. The van der Waals surface area contributed by atoms with Crippen LogP contribution in [0.15, 0.2) is 24.3 Å². The van der Waals surface area contributed by atoms with E-state index in [-0.39, 0.29) is 19.1 Å². The Bertz CT molecular complexity index is 476. The number of hydrogen-bond acceptors (Lipinski definition) is 3. The molecule has 0 aliphatic heterocycles. The van der Waals surface area contributed by atoms with Gasteiger partial charge >= 0.3 is 12.0 Å². The zero-order chi connectivity index (χ0) is 15.1. The number of nitrogens with one attached hydrogen (secondary N) is 2. The number of hydrogen-bond donors (Lipinski definition) is 4. The fourth-order valence-corrected chi connectivity index (χ4v) is 1.93. The molecular weight excluding hydrogens is 260 g/mol. The van der Waals surface area contributed by atoms with Gasteiger partial charge in [0, 0.05) is 13.0 Å². The molecule has 2 unspecified atom stereocenters. The molecule has 1 aromatic rings. The third kappa shape index (κ3) is 4.55. The van der Waals surface area contributed by atoms with Gasteiger partial charge in [-0.15, -0.1) is 0 Å². The monoisotopic (exact) mass is 280 g/mol. The highest BCUT2D eigenvalue weighted by Gasteiger charge is 2.20. The number of urea groups is 1.